The highest BCUT2D eigenvalue weighted by Crippen LogP contribution is 2.28. The average Bonchev–Trinajstić information content (AvgIpc) is 2.81. The van der Waals surface area contributed by atoms with E-state index in [0.29, 0.717) is 5.95 Å². The van der Waals surface area contributed by atoms with Crippen molar-refractivity contribution in [2.75, 3.05) is 17.6 Å². The summed E-state index contributed by atoms with van der Waals surface area (Å²) >= 11 is 0. The van der Waals surface area contributed by atoms with Crippen LogP contribution in [0.4, 0.5) is 11.8 Å². The minimum absolute atomic E-state index is 0.346. The van der Waals surface area contributed by atoms with Crippen LogP contribution < -0.4 is 11.1 Å². The van der Waals surface area contributed by atoms with Crippen LogP contribution in [0.2, 0.25) is 0 Å². The van der Waals surface area contributed by atoms with E-state index in [1.165, 1.54) is 12.8 Å². The fraction of sp³-hybridized carbons (Fsp3) is 0.556. The molecule has 70 valence electrons. The maximum atomic E-state index is 5.52. The molecule has 1 aliphatic carbocycles. The van der Waals surface area contributed by atoms with Gasteiger partial charge in [-0.25, -0.2) is 4.98 Å². The van der Waals surface area contributed by atoms with E-state index in [1.54, 1.807) is 0 Å². The summed E-state index contributed by atoms with van der Waals surface area (Å²) in [5.41, 5.74) is 6.43. The monoisotopic (exact) mass is 178 g/mol. The Morgan fingerprint density at radius 2 is 2.31 bits per heavy atom. The number of rotatable bonds is 3. The van der Waals surface area contributed by atoms with E-state index in [4.69, 9.17) is 5.73 Å². The quantitative estimate of drug-likeness (QED) is 0.729. The Morgan fingerprint density at radius 1 is 1.54 bits per heavy atom. The first-order valence-corrected chi connectivity index (χ1v) is 4.59. The number of aryl methyl sites for hydroxylation is 1. The molecular weight excluding hydrogens is 164 g/mol. The lowest BCUT2D eigenvalue weighted by molar-refractivity contribution is 0.881. The van der Waals surface area contributed by atoms with Gasteiger partial charge in [-0.05, 0) is 25.7 Å². The molecule has 0 atom stereocenters. The van der Waals surface area contributed by atoms with Crippen molar-refractivity contribution in [1.29, 1.82) is 0 Å². The highest BCUT2D eigenvalue weighted by molar-refractivity contribution is 5.40. The lowest BCUT2D eigenvalue weighted by Crippen LogP contribution is -2.07. The Morgan fingerprint density at radius 3 is 2.92 bits per heavy atom. The fourth-order valence-corrected chi connectivity index (χ4v) is 1.25. The van der Waals surface area contributed by atoms with Crippen molar-refractivity contribution < 1.29 is 0 Å². The number of aromatic nitrogens is 2. The van der Waals surface area contributed by atoms with E-state index in [2.05, 4.69) is 15.3 Å². The Bertz CT molecular complexity index is 286. The molecule has 1 aromatic heterocycles. The third-order valence-corrected chi connectivity index (χ3v) is 2.14. The van der Waals surface area contributed by atoms with Crippen molar-refractivity contribution in [3.8, 4) is 0 Å². The van der Waals surface area contributed by atoms with Gasteiger partial charge in [0.15, 0.2) is 0 Å². The van der Waals surface area contributed by atoms with Crippen molar-refractivity contribution in [3.63, 3.8) is 0 Å². The average molecular weight is 178 g/mol. The SMILES string of the molecule is Cc1cc(NCC2CC2)nc(N)n1. The molecule has 1 aliphatic rings. The molecule has 2 rings (SSSR count). The Hall–Kier alpha value is -1.32. The van der Waals surface area contributed by atoms with E-state index in [9.17, 15) is 0 Å². The van der Waals surface area contributed by atoms with Gasteiger partial charge in [-0.3, -0.25) is 0 Å². The highest BCUT2D eigenvalue weighted by atomic mass is 15.1. The topological polar surface area (TPSA) is 63.8 Å². The molecule has 1 fully saturated rings. The summed E-state index contributed by atoms with van der Waals surface area (Å²) in [7, 11) is 0. The van der Waals surface area contributed by atoms with Gasteiger partial charge in [0.05, 0.1) is 0 Å². The molecule has 4 nitrogen and oxygen atoms in total. The first kappa shape index (κ1) is 8.29. The predicted octanol–water partition coefficient (Wildman–Crippen LogP) is 1.19. The number of nitrogens with one attached hydrogen (secondary N) is 1. The van der Waals surface area contributed by atoms with Crippen molar-refractivity contribution >= 4 is 11.8 Å². The second-order valence-electron chi connectivity index (χ2n) is 3.58. The van der Waals surface area contributed by atoms with Gasteiger partial charge in [0.2, 0.25) is 5.95 Å². The minimum Gasteiger partial charge on any atom is -0.370 e. The molecule has 3 N–H and O–H groups in total. The second kappa shape index (κ2) is 3.20. The molecular formula is C9H14N4. The highest BCUT2D eigenvalue weighted by Gasteiger charge is 2.20. The number of hydrogen-bond donors (Lipinski definition) is 2. The lowest BCUT2D eigenvalue weighted by atomic mass is 10.4. The van der Waals surface area contributed by atoms with Gasteiger partial charge in [0.25, 0.3) is 0 Å². The Balaban J connectivity index is 2.01. The molecule has 0 radical (unpaired) electrons. The van der Waals surface area contributed by atoms with Gasteiger partial charge < -0.3 is 11.1 Å². The van der Waals surface area contributed by atoms with Crippen LogP contribution in [-0.2, 0) is 0 Å². The van der Waals surface area contributed by atoms with Crippen LogP contribution >= 0.6 is 0 Å². The number of hydrogen-bond acceptors (Lipinski definition) is 4. The zero-order chi connectivity index (χ0) is 9.26. The molecule has 0 bridgehead atoms. The van der Waals surface area contributed by atoms with Gasteiger partial charge in [0.1, 0.15) is 5.82 Å². The van der Waals surface area contributed by atoms with Crippen LogP contribution in [0.15, 0.2) is 6.07 Å². The molecule has 1 heterocycles. The fourth-order valence-electron chi connectivity index (χ4n) is 1.25. The lowest BCUT2D eigenvalue weighted by Gasteiger charge is -2.05. The van der Waals surface area contributed by atoms with Gasteiger partial charge >= 0.3 is 0 Å². The van der Waals surface area contributed by atoms with Crippen LogP contribution in [0.25, 0.3) is 0 Å². The summed E-state index contributed by atoms with van der Waals surface area (Å²) in [6, 6.07) is 1.92. The number of nitrogen functional groups attached to an aromatic ring is 1. The summed E-state index contributed by atoms with van der Waals surface area (Å²) in [6.07, 6.45) is 2.68. The molecule has 1 saturated carbocycles. The smallest absolute Gasteiger partial charge is 0.222 e. The molecule has 1 aromatic rings. The second-order valence-corrected chi connectivity index (χ2v) is 3.58. The molecule has 13 heavy (non-hydrogen) atoms. The molecule has 0 aromatic carbocycles. The molecule has 0 amide bonds. The van der Waals surface area contributed by atoms with E-state index >= 15 is 0 Å². The Labute approximate surface area is 77.6 Å². The molecule has 0 spiro atoms. The van der Waals surface area contributed by atoms with Crippen molar-refractivity contribution in [2.45, 2.75) is 19.8 Å². The van der Waals surface area contributed by atoms with Gasteiger partial charge in [-0.2, -0.15) is 4.98 Å². The first-order chi connectivity index (χ1) is 6.24. The van der Waals surface area contributed by atoms with Crippen molar-refractivity contribution in [1.82, 2.24) is 9.97 Å². The zero-order valence-electron chi connectivity index (χ0n) is 7.75. The molecule has 0 saturated heterocycles. The van der Waals surface area contributed by atoms with Crippen molar-refractivity contribution in [3.05, 3.63) is 11.8 Å². The van der Waals surface area contributed by atoms with Crippen LogP contribution in [0, 0.1) is 12.8 Å². The number of anilines is 2. The number of nitrogens with zero attached hydrogens (tertiary/aromatic N) is 2. The standard InChI is InChI=1S/C9H14N4/c1-6-4-8(13-9(10)12-6)11-5-7-2-3-7/h4,7H,2-3,5H2,1H3,(H3,10,11,12,13). The first-order valence-electron chi connectivity index (χ1n) is 4.59. The maximum Gasteiger partial charge on any atom is 0.222 e. The van der Waals surface area contributed by atoms with Gasteiger partial charge in [0, 0.05) is 18.3 Å². The van der Waals surface area contributed by atoms with Crippen LogP contribution in [0.5, 0.6) is 0 Å². The van der Waals surface area contributed by atoms with E-state index in [0.717, 1.165) is 24.0 Å². The largest absolute Gasteiger partial charge is 0.370 e. The van der Waals surface area contributed by atoms with Crippen molar-refractivity contribution in [2.24, 2.45) is 5.92 Å². The summed E-state index contributed by atoms with van der Waals surface area (Å²) in [4.78, 5) is 8.09. The van der Waals surface area contributed by atoms with E-state index in [1.807, 2.05) is 13.0 Å². The van der Waals surface area contributed by atoms with Crippen LogP contribution in [0.1, 0.15) is 18.5 Å². The summed E-state index contributed by atoms with van der Waals surface area (Å²) < 4.78 is 0. The molecule has 0 aliphatic heterocycles. The molecule has 4 heteroatoms. The van der Waals surface area contributed by atoms with E-state index < -0.39 is 0 Å². The number of nitrogens with two attached hydrogens (primary N) is 1. The normalized spacial score (nSPS) is 15.8. The van der Waals surface area contributed by atoms with Gasteiger partial charge in [-0.15, -0.1) is 0 Å². The maximum absolute atomic E-state index is 5.52. The molecule has 0 unspecified atom stereocenters. The third kappa shape index (κ3) is 2.31. The van der Waals surface area contributed by atoms with Crippen LogP contribution in [-0.4, -0.2) is 16.5 Å². The van der Waals surface area contributed by atoms with E-state index in [-0.39, 0.29) is 0 Å². The minimum atomic E-state index is 0.346. The van der Waals surface area contributed by atoms with Crippen LogP contribution in [0.3, 0.4) is 0 Å². The summed E-state index contributed by atoms with van der Waals surface area (Å²) in [6.45, 7) is 2.93. The zero-order valence-corrected chi connectivity index (χ0v) is 7.75. The Kier molecular flexibility index (Phi) is 2.04. The van der Waals surface area contributed by atoms with Gasteiger partial charge in [-0.1, -0.05) is 0 Å². The summed E-state index contributed by atoms with van der Waals surface area (Å²) in [5.74, 6) is 2.03. The third-order valence-electron chi connectivity index (χ3n) is 2.14. The predicted molar refractivity (Wildman–Crippen MR) is 52.4 cm³/mol. The summed E-state index contributed by atoms with van der Waals surface area (Å²) in [5, 5.41) is 3.26.